The Morgan fingerprint density at radius 2 is 2.27 bits per heavy atom. The first kappa shape index (κ1) is 7.29. The zero-order chi connectivity index (χ0) is 8.27. The molecule has 11 heavy (non-hydrogen) atoms. The van der Waals surface area contributed by atoms with Gasteiger partial charge in [-0.25, -0.2) is 0 Å². The van der Waals surface area contributed by atoms with Crippen LogP contribution in [0.5, 0.6) is 0 Å². The zero-order valence-electron chi connectivity index (χ0n) is 5.83. The molecule has 0 bridgehead atoms. The van der Waals surface area contributed by atoms with Crippen molar-refractivity contribution in [2.24, 2.45) is 5.73 Å². The normalized spacial score (nSPS) is 8.64. The molecular weight excluding hydrogens is 138 g/mol. The maximum absolute atomic E-state index is 8.48. The fraction of sp³-hybridized carbons (Fsp3) is 0. The standard InChI is InChI=1S/C8H7N3/c9-5-6-2-1-3-7(4-6)8(10)11/h1-4H,(H3,10,11). The van der Waals surface area contributed by atoms with E-state index in [1.807, 2.05) is 6.07 Å². The summed E-state index contributed by atoms with van der Waals surface area (Å²) < 4.78 is 0. The van der Waals surface area contributed by atoms with Gasteiger partial charge in [-0.05, 0) is 12.1 Å². The van der Waals surface area contributed by atoms with Crippen LogP contribution in [0.3, 0.4) is 0 Å². The molecule has 0 unspecified atom stereocenters. The monoisotopic (exact) mass is 145 g/mol. The summed E-state index contributed by atoms with van der Waals surface area (Å²) in [7, 11) is 0. The van der Waals surface area contributed by atoms with Gasteiger partial charge >= 0.3 is 0 Å². The van der Waals surface area contributed by atoms with E-state index in [1.165, 1.54) is 0 Å². The molecule has 0 saturated carbocycles. The molecule has 0 radical (unpaired) electrons. The quantitative estimate of drug-likeness (QED) is 0.454. The number of hydrogen-bond donors (Lipinski definition) is 2. The summed E-state index contributed by atoms with van der Waals surface area (Å²) >= 11 is 0. The van der Waals surface area contributed by atoms with Gasteiger partial charge in [0.15, 0.2) is 0 Å². The fourth-order valence-electron chi connectivity index (χ4n) is 0.756. The number of nitrogens with two attached hydrogens (primary N) is 1. The Balaban J connectivity index is 3.13. The third-order valence-electron chi connectivity index (χ3n) is 1.30. The van der Waals surface area contributed by atoms with Gasteiger partial charge in [0.25, 0.3) is 0 Å². The van der Waals surface area contributed by atoms with Crippen molar-refractivity contribution < 1.29 is 0 Å². The molecule has 1 aromatic rings. The minimum Gasteiger partial charge on any atom is -0.384 e. The van der Waals surface area contributed by atoms with Crippen molar-refractivity contribution in [2.75, 3.05) is 0 Å². The Bertz CT molecular complexity index is 322. The molecule has 0 aliphatic carbocycles. The summed E-state index contributed by atoms with van der Waals surface area (Å²) in [6.45, 7) is 0. The Hall–Kier alpha value is -1.82. The van der Waals surface area contributed by atoms with Crippen molar-refractivity contribution in [3.8, 4) is 6.07 Å². The first-order valence-electron chi connectivity index (χ1n) is 3.08. The average Bonchev–Trinajstić information content (AvgIpc) is 2.05. The van der Waals surface area contributed by atoms with Gasteiger partial charge < -0.3 is 5.73 Å². The lowest BCUT2D eigenvalue weighted by molar-refractivity contribution is 1.41. The number of nitrogens with one attached hydrogen (secondary N) is 1. The number of nitrogen functional groups attached to an aromatic ring is 1. The van der Waals surface area contributed by atoms with Crippen molar-refractivity contribution in [1.29, 1.82) is 10.7 Å². The van der Waals surface area contributed by atoms with Crippen LogP contribution in [0.4, 0.5) is 0 Å². The molecular formula is C8H7N3. The highest BCUT2D eigenvalue weighted by atomic mass is 14.7. The van der Waals surface area contributed by atoms with E-state index >= 15 is 0 Å². The topological polar surface area (TPSA) is 73.7 Å². The van der Waals surface area contributed by atoms with E-state index in [1.54, 1.807) is 24.3 Å². The zero-order valence-corrected chi connectivity index (χ0v) is 5.83. The predicted octanol–water partition coefficient (Wildman–Crippen LogP) is 0.842. The van der Waals surface area contributed by atoms with Crippen LogP contribution in [0.25, 0.3) is 0 Å². The molecule has 1 aromatic carbocycles. The third-order valence-corrected chi connectivity index (χ3v) is 1.30. The van der Waals surface area contributed by atoms with E-state index in [0.29, 0.717) is 11.1 Å². The molecule has 0 aromatic heterocycles. The van der Waals surface area contributed by atoms with E-state index in [2.05, 4.69) is 0 Å². The molecule has 54 valence electrons. The first-order valence-corrected chi connectivity index (χ1v) is 3.08. The number of amidine groups is 1. The van der Waals surface area contributed by atoms with Gasteiger partial charge in [-0.1, -0.05) is 12.1 Å². The highest BCUT2D eigenvalue weighted by molar-refractivity contribution is 5.95. The van der Waals surface area contributed by atoms with E-state index in [9.17, 15) is 0 Å². The summed E-state index contributed by atoms with van der Waals surface area (Å²) in [5, 5.41) is 15.6. The van der Waals surface area contributed by atoms with E-state index in [4.69, 9.17) is 16.4 Å². The lowest BCUT2D eigenvalue weighted by Crippen LogP contribution is -2.10. The molecule has 3 heteroatoms. The van der Waals surface area contributed by atoms with Crippen LogP contribution in [-0.2, 0) is 0 Å². The molecule has 0 fully saturated rings. The second-order valence-electron chi connectivity index (χ2n) is 2.11. The van der Waals surface area contributed by atoms with Crippen LogP contribution in [0.2, 0.25) is 0 Å². The van der Waals surface area contributed by atoms with Gasteiger partial charge in [-0.15, -0.1) is 0 Å². The van der Waals surface area contributed by atoms with Crippen molar-refractivity contribution in [3.05, 3.63) is 35.4 Å². The van der Waals surface area contributed by atoms with Crippen LogP contribution in [-0.4, -0.2) is 5.84 Å². The molecule has 3 nitrogen and oxygen atoms in total. The number of benzene rings is 1. The number of hydrogen-bond acceptors (Lipinski definition) is 2. The van der Waals surface area contributed by atoms with Crippen LogP contribution in [0.1, 0.15) is 11.1 Å². The highest BCUT2D eigenvalue weighted by Crippen LogP contribution is 2.02. The number of nitrogens with zero attached hydrogens (tertiary/aromatic N) is 1. The van der Waals surface area contributed by atoms with Gasteiger partial charge in [0.05, 0.1) is 11.6 Å². The fourth-order valence-corrected chi connectivity index (χ4v) is 0.756. The second kappa shape index (κ2) is 2.84. The van der Waals surface area contributed by atoms with Crippen LogP contribution in [0, 0.1) is 16.7 Å². The molecule has 0 aliphatic heterocycles. The van der Waals surface area contributed by atoms with E-state index < -0.39 is 0 Å². The van der Waals surface area contributed by atoms with Crippen molar-refractivity contribution in [2.45, 2.75) is 0 Å². The Morgan fingerprint density at radius 1 is 1.55 bits per heavy atom. The molecule has 3 N–H and O–H groups in total. The molecule has 0 atom stereocenters. The summed E-state index contributed by atoms with van der Waals surface area (Å²) in [6.07, 6.45) is 0. The van der Waals surface area contributed by atoms with Gasteiger partial charge in [0, 0.05) is 5.56 Å². The molecule has 1 rings (SSSR count). The summed E-state index contributed by atoms with van der Waals surface area (Å²) in [6, 6.07) is 8.63. The Kier molecular flexibility index (Phi) is 1.88. The van der Waals surface area contributed by atoms with Crippen molar-refractivity contribution in [3.63, 3.8) is 0 Å². The van der Waals surface area contributed by atoms with E-state index in [-0.39, 0.29) is 5.84 Å². The van der Waals surface area contributed by atoms with Crippen LogP contribution >= 0.6 is 0 Å². The average molecular weight is 145 g/mol. The largest absolute Gasteiger partial charge is 0.384 e. The molecule has 0 spiro atoms. The van der Waals surface area contributed by atoms with Gasteiger partial charge in [-0.3, -0.25) is 5.41 Å². The minimum absolute atomic E-state index is 0.0119. The SMILES string of the molecule is N#Cc1cccc(C(=N)N)c1. The predicted molar refractivity (Wildman–Crippen MR) is 42.2 cm³/mol. The number of nitriles is 1. The number of rotatable bonds is 1. The second-order valence-corrected chi connectivity index (χ2v) is 2.11. The van der Waals surface area contributed by atoms with Gasteiger partial charge in [-0.2, -0.15) is 5.26 Å². The lowest BCUT2D eigenvalue weighted by Gasteiger charge is -1.95. The summed E-state index contributed by atoms with van der Waals surface area (Å²) in [4.78, 5) is 0. The lowest BCUT2D eigenvalue weighted by atomic mass is 10.1. The maximum Gasteiger partial charge on any atom is 0.122 e. The summed E-state index contributed by atoms with van der Waals surface area (Å²) in [5.74, 6) is -0.0119. The third kappa shape index (κ3) is 1.55. The Labute approximate surface area is 64.6 Å². The first-order chi connectivity index (χ1) is 5.24. The van der Waals surface area contributed by atoms with Crippen molar-refractivity contribution in [1.82, 2.24) is 0 Å². The summed E-state index contributed by atoms with van der Waals surface area (Å²) in [5.41, 5.74) is 6.32. The molecule has 0 aliphatic rings. The highest BCUT2D eigenvalue weighted by Gasteiger charge is 1.95. The van der Waals surface area contributed by atoms with Crippen LogP contribution < -0.4 is 5.73 Å². The molecule has 0 saturated heterocycles. The molecule has 0 heterocycles. The smallest absolute Gasteiger partial charge is 0.122 e. The van der Waals surface area contributed by atoms with Crippen molar-refractivity contribution >= 4 is 5.84 Å². The van der Waals surface area contributed by atoms with Gasteiger partial charge in [0.2, 0.25) is 0 Å². The Morgan fingerprint density at radius 3 is 2.82 bits per heavy atom. The van der Waals surface area contributed by atoms with Crippen LogP contribution in [0.15, 0.2) is 24.3 Å². The van der Waals surface area contributed by atoms with Gasteiger partial charge in [0.1, 0.15) is 5.84 Å². The maximum atomic E-state index is 8.48. The molecule has 0 amide bonds. The minimum atomic E-state index is -0.0119. The van der Waals surface area contributed by atoms with E-state index in [0.717, 1.165) is 0 Å².